The minimum atomic E-state index is -0.0666. The zero-order chi connectivity index (χ0) is 7.56. The molecule has 0 saturated carbocycles. The molecule has 1 heterocycles. The van der Waals surface area contributed by atoms with Gasteiger partial charge in [-0.2, -0.15) is 0 Å². The van der Waals surface area contributed by atoms with E-state index >= 15 is 0 Å². The average molecular weight is 140 g/mol. The maximum atomic E-state index is 10.8. The first-order valence-electron chi connectivity index (χ1n) is 3.57. The quantitative estimate of drug-likeness (QED) is 0.407. The maximum absolute atomic E-state index is 10.8. The largest absolute Gasteiger partial charge is 0.458 e. The van der Waals surface area contributed by atoms with E-state index in [1.165, 1.54) is 0 Å². The minimum absolute atomic E-state index is 0.0347. The van der Waals surface area contributed by atoms with Gasteiger partial charge in [0.1, 0.15) is 6.10 Å². The first kappa shape index (κ1) is 7.32. The highest BCUT2D eigenvalue weighted by atomic mass is 16.5. The molecule has 10 heavy (non-hydrogen) atoms. The second kappa shape index (κ2) is 2.86. The van der Waals surface area contributed by atoms with Crippen molar-refractivity contribution >= 4 is 5.97 Å². The summed E-state index contributed by atoms with van der Waals surface area (Å²) in [5.74, 6) is 0.0179. The van der Waals surface area contributed by atoms with Crippen LogP contribution in [-0.2, 0) is 9.53 Å². The van der Waals surface area contributed by atoms with Crippen molar-refractivity contribution in [3.05, 3.63) is 12.2 Å². The number of hydrogen-bond acceptors (Lipinski definition) is 2. The molecule has 56 valence electrons. The van der Waals surface area contributed by atoms with Crippen LogP contribution in [0.3, 0.4) is 0 Å². The van der Waals surface area contributed by atoms with E-state index < -0.39 is 0 Å². The molecule has 0 amide bonds. The lowest BCUT2D eigenvalue weighted by Crippen LogP contribution is -2.03. The summed E-state index contributed by atoms with van der Waals surface area (Å²) in [5, 5.41) is 0. The number of allylic oxidation sites excluding steroid dienone is 1. The van der Waals surface area contributed by atoms with Crippen molar-refractivity contribution in [3.8, 4) is 0 Å². The van der Waals surface area contributed by atoms with Crippen LogP contribution in [0.4, 0.5) is 0 Å². The normalized spacial score (nSPS) is 33.2. The lowest BCUT2D eigenvalue weighted by atomic mass is 10.1. The van der Waals surface area contributed by atoms with E-state index in [1.54, 1.807) is 0 Å². The molecule has 0 aromatic heterocycles. The highest BCUT2D eigenvalue weighted by Gasteiger charge is 2.28. The van der Waals surface area contributed by atoms with Crippen molar-refractivity contribution < 1.29 is 9.53 Å². The fourth-order valence-corrected chi connectivity index (χ4v) is 1.09. The van der Waals surface area contributed by atoms with E-state index in [0.717, 1.165) is 6.42 Å². The molecule has 0 aliphatic carbocycles. The van der Waals surface area contributed by atoms with Gasteiger partial charge in [-0.05, 0) is 13.0 Å². The van der Waals surface area contributed by atoms with Crippen molar-refractivity contribution in [2.75, 3.05) is 0 Å². The second-order valence-corrected chi connectivity index (χ2v) is 2.64. The Hall–Kier alpha value is -0.790. The van der Waals surface area contributed by atoms with Crippen LogP contribution < -0.4 is 0 Å². The van der Waals surface area contributed by atoms with Gasteiger partial charge >= 0.3 is 5.97 Å². The molecule has 0 unspecified atom stereocenters. The SMILES string of the molecule is C/C=C/[C@H]1C[C@H](C)C(=O)O1. The van der Waals surface area contributed by atoms with Crippen molar-refractivity contribution in [3.63, 3.8) is 0 Å². The molecule has 0 spiro atoms. The molecule has 2 atom stereocenters. The monoisotopic (exact) mass is 140 g/mol. The van der Waals surface area contributed by atoms with E-state index in [9.17, 15) is 4.79 Å². The number of hydrogen-bond donors (Lipinski definition) is 0. The van der Waals surface area contributed by atoms with Gasteiger partial charge < -0.3 is 4.74 Å². The Balaban J connectivity index is 2.49. The van der Waals surface area contributed by atoms with Gasteiger partial charge in [0.2, 0.25) is 0 Å². The van der Waals surface area contributed by atoms with Gasteiger partial charge in [-0.3, -0.25) is 4.79 Å². The molecule has 1 saturated heterocycles. The van der Waals surface area contributed by atoms with Gasteiger partial charge in [0.25, 0.3) is 0 Å². The predicted molar refractivity (Wildman–Crippen MR) is 38.5 cm³/mol. The second-order valence-electron chi connectivity index (χ2n) is 2.64. The fraction of sp³-hybridized carbons (Fsp3) is 0.625. The van der Waals surface area contributed by atoms with Crippen LogP contribution >= 0.6 is 0 Å². The smallest absolute Gasteiger partial charge is 0.309 e. The van der Waals surface area contributed by atoms with Gasteiger partial charge in [-0.15, -0.1) is 0 Å². The molecule has 1 rings (SSSR count). The van der Waals surface area contributed by atoms with Gasteiger partial charge in [0.15, 0.2) is 0 Å². The lowest BCUT2D eigenvalue weighted by molar-refractivity contribution is -0.142. The Bertz CT molecular complexity index is 161. The van der Waals surface area contributed by atoms with Crippen LogP contribution in [0.25, 0.3) is 0 Å². The zero-order valence-corrected chi connectivity index (χ0v) is 6.33. The molecule has 1 fully saturated rings. The third-order valence-corrected chi connectivity index (χ3v) is 1.66. The predicted octanol–water partition coefficient (Wildman–Crippen LogP) is 1.51. The maximum Gasteiger partial charge on any atom is 0.309 e. The molecule has 0 radical (unpaired) electrons. The van der Waals surface area contributed by atoms with Gasteiger partial charge in [0.05, 0.1) is 5.92 Å². The van der Waals surface area contributed by atoms with Crippen LogP contribution in [0.15, 0.2) is 12.2 Å². The Morgan fingerprint density at radius 2 is 2.40 bits per heavy atom. The number of esters is 1. The molecule has 0 aromatic rings. The van der Waals surface area contributed by atoms with Crippen LogP contribution in [0.2, 0.25) is 0 Å². The van der Waals surface area contributed by atoms with E-state index in [-0.39, 0.29) is 18.0 Å². The number of carbonyl (C=O) groups excluding carboxylic acids is 1. The van der Waals surface area contributed by atoms with Gasteiger partial charge in [-0.1, -0.05) is 13.0 Å². The van der Waals surface area contributed by atoms with Crippen molar-refractivity contribution in [1.29, 1.82) is 0 Å². The first-order chi connectivity index (χ1) is 4.74. The Morgan fingerprint density at radius 1 is 1.70 bits per heavy atom. The topological polar surface area (TPSA) is 26.3 Å². The molecular weight excluding hydrogens is 128 g/mol. The Morgan fingerprint density at radius 3 is 2.80 bits per heavy atom. The minimum Gasteiger partial charge on any atom is -0.458 e. The molecule has 1 aliphatic rings. The van der Waals surface area contributed by atoms with Gasteiger partial charge in [0, 0.05) is 6.42 Å². The summed E-state index contributed by atoms with van der Waals surface area (Å²) < 4.78 is 4.99. The van der Waals surface area contributed by atoms with Gasteiger partial charge in [-0.25, -0.2) is 0 Å². The lowest BCUT2D eigenvalue weighted by Gasteiger charge is -1.99. The molecule has 2 nitrogen and oxygen atoms in total. The van der Waals surface area contributed by atoms with Crippen molar-refractivity contribution in [2.45, 2.75) is 26.4 Å². The van der Waals surface area contributed by atoms with E-state index in [2.05, 4.69) is 0 Å². The summed E-state index contributed by atoms with van der Waals surface area (Å²) in [6.07, 6.45) is 4.70. The number of carbonyl (C=O) groups is 1. The molecule has 2 heteroatoms. The number of rotatable bonds is 1. The summed E-state index contributed by atoms with van der Waals surface area (Å²) in [7, 11) is 0. The van der Waals surface area contributed by atoms with Crippen LogP contribution in [0, 0.1) is 5.92 Å². The first-order valence-corrected chi connectivity index (χ1v) is 3.57. The highest BCUT2D eigenvalue weighted by molar-refractivity contribution is 5.74. The summed E-state index contributed by atoms with van der Waals surface area (Å²) in [5.41, 5.74) is 0. The van der Waals surface area contributed by atoms with E-state index in [0.29, 0.717) is 0 Å². The molecule has 0 aromatic carbocycles. The third kappa shape index (κ3) is 1.38. The Kier molecular flexibility index (Phi) is 2.10. The standard InChI is InChI=1S/C8H12O2/c1-3-4-7-5-6(2)8(9)10-7/h3-4,6-7H,5H2,1-2H3/b4-3+/t6-,7-/m0/s1. The molecule has 1 aliphatic heterocycles. The van der Waals surface area contributed by atoms with Crippen LogP contribution in [0.5, 0.6) is 0 Å². The van der Waals surface area contributed by atoms with Crippen LogP contribution in [0.1, 0.15) is 20.3 Å². The van der Waals surface area contributed by atoms with Crippen LogP contribution in [-0.4, -0.2) is 12.1 Å². The average Bonchev–Trinajstić information content (AvgIpc) is 2.14. The summed E-state index contributed by atoms with van der Waals surface area (Å²) in [6, 6.07) is 0. The Labute approximate surface area is 60.9 Å². The number of ether oxygens (including phenoxy) is 1. The summed E-state index contributed by atoms with van der Waals surface area (Å²) in [6.45, 7) is 3.82. The van der Waals surface area contributed by atoms with E-state index in [1.807, 2.05) is 26.0 Å². The number of cyclic esters (lactones) is 1. The fourth-order valence-electron chi connectivity index (χ4n) is 1.09. The third-order valence-electron chi connectivity index (χ3n) is 1.66. The van der Waals surface area contributed by atoms with Crippen molar-refractivity contribution in [1.82, 2.24) is 0 Å². The molecule has 0 N–H and O–H groups in total. The zero-order valence-electron chi connectivity index (χ0n) is 6.33. The molecular formula is C8H12O2. The summed E-state index contributed by atoms with van der Waals surface area (Å²) in [4.78, 5) is 10.8. The highest BCUT2D eigenvalue weighted by Crippen LogP contribution is 2.20. The molecule has 0 bridgehead atoms. The summed E-state index contributed by atoms with van der Waals surface area (Å²) >= 11 is 0. The van der Waals surface area contributed by atoms with E-state index in [4.69, 9.17) is 4.74 Å². The van der Waals surface area contributed by atoms with Crippen molar-refractivity contribution in [2.24, 2.45) is 5.92 Å².